The van der Waals surface area contributed by atoms with E-state index in [1.165, 1.54) is 0 Å². The molecule has 0 radical (unpaired) electrons. The van der Waals surface area contributed by atoms with Gasteiger partial charge < -0.3 is 16.0 Å². The maximum absolute atomic E-state index is 11.8. The number of hydrogen-bond acceptors (Lipinski definition) is 2. The maximum atomic E-state index is 11.8. The Morgan fingerprint density at radius 2 is 2.05 bits per heavy atom. The molecule has 0 aromatic heterocycles. The highest BCUT2D eigenvalue weighted by Gasteiger charge is 2.15. The first-order valence-corrected chi connectivity index (χ1v) is 7.34. The van der Waals surface area contributed by atoms with Gasteiger partial charge in [-0.2, -0.15) is 0 Å². The van der Waals surface area contributed by atoms with E-state index in [9.17, 15) is 9.59 Å². The second kappa shape index (κ2) is 7.89. The summed E-state index contributed by atoms with van der Waals surface area (Å²) in [6, 6.07) is 4.60. The van der Waals surface area contributed by atoms with Gasteiger partial charge in [-0.05, 0) is 44.0 Å². The molecule has 0 saturated heterocycles. The van der Waals surface area contributed by atoms with Crippen LogP contribution in [0.1, 0.15) is 25.8 Å². The van der Waals surface area contributed by atoms with Gasteiger partial charge in [0, 0.05) is 16.7 Å². The summed E-state index contributed by atoms with van der Waals surface area (Å²) in [4.78, 5) is 23.5. The summed E-state index contributed by atoms with van der Waals surface area (Å²) in [5, 5.41) is 8.07. The molecular weight excluding hydrogens is 322 g/mol. The monoisotopic (exact) mass is 341 g/mol. The van der Waals surface area contributed by atoms with E-state index < -0.39 is 12.1 Å². The summed E-state index contributed by atoms with van der Waals surface area (Å²) in [5.41, 5.74) is 1.66. The normalized spacial score (nSPS) is 11.6. The quantitative estimate of drug-likeness (QED) is 0.770. The second-order valence-corrected chi connectivity index (χ2v) is 5.49. The van der Waals surface area contributed by atoms with Crippen LogP contribution in [0.25, 0.3) is 0 Å². The highest BCUT2D eigenvalue weighted by atomic mass is 79.9. The molecule has 0 unspecified atom stereocenters. The molecule has 0 saturated carbocycles. The summed E-state index contributed by atoms with van der Waals surface area (Å²) < 4.78 is 0.952. The number of aryl methyl sites for hydroxylation is 1. The van der Waals surface area contributed by atoms with Gasteiger partial charge in [0.25, 0.3) is 0 Å². The van der Waals surface area contributed by atoms with Crippen molar-refractivity contribution in [2.75, 3.05) is 11.9 Å². The number of anilines is 1. The lowest BCUT2D eigenvalue weighted by Gasteiger charge is -2.15. The summed E-state index contributed by atoms with van der Waals surface area (Å²) >= 11 is 3.36. The average Bonchev–Trinajstić information content (AvgIpc) is 2.39. The van der Waals surface area contributed by atoms with Gasteiger partial charge in [0.15, 0.2) is 0 Å². The third-order valence-electron chi connectivity index (χ3n) is 2.73. The molecule has 20 heavy (non-hydrogen) atoms. The Morgan fingerprint density at radius 1 is 1.35 bits per heavy atom. The third kappa shape index (κ3) is 5.21. The fourth-order valence-corrected chi connectivity index (χ4v) is 2.06. The molecule has 110 valence electrons. The van der Waals surface area contributed by atoms with Crippen LogP contribution < -0.4 is 16.0 Å². The minimum atomic E-state index is -0.572. The highest BCUT2D eigenvalue weighted by molar-refractivity contribution is 9.10. The number of carbonyl (C=O) groups is 2. The van der Waals surface area contributed by atoms with Gasteiger partial charge in [-0.3, -0.25) is 4.79 Å². The predicted octanol–water partition coefficient (Wildman–Crippen LogP) is 2.79. The largest absolute Gasteiger partial charge is 0.354 e. The van der Waals surface area contributed by atoms with Crippen LogP contribution in [0.3, 0.4) is 0 Å². The third-order valence-corrected chi connectivity index (χ3v) is 3.22. The Bertz CT molecular complexity index is 491. The van der Waals surface area contributed by atoms with Gasteiger partial charge in [0.05, 0.1) is 0 Å². The molecule has 6 heteroatoms. The van der Waals surface area contributed by atoms with E-state index in [1.54, 1.807) is 13.0 Å². The molecule has 0 spiro atoms. The van der Waals surface area contributed by atoms with Gasteiger partial charge in [-0.1, -0.05) is 22.9 Å². The molecule has 0 heterocycles. The van der Waals surface area contributed by atoms with E-state index in [0.29, 0.717) is 12.2 Å². The zero-order valence-electron chi connectivity index (χ0n) is 11.9. The van der Waals surface area contributed by atoms with Crippen LogP contribution in [0.15, 0.2) is 22.7 Å². The van der Waals surface area contributed by atoms with Crippen LogP contribution in [-0.2, 0) is 4.79 Å². The van der Waals surface area contributed by atoms with Crippen molar-refractivity contribution in [1.29, 1.82) is 0 Å². The Labute approximate surface area is 127 Å². The molecule has 0 bridgehead atoms. The van der Waals surface area contributed by atoms with E-state index in [-0.39, 0.29) is 5.91 Å². The molecule has 1 atom stereocenters. The fourth-order valence-electron chi connectivity index (χ4n) is 1.59. The van der Waals surface area contributed by atoms with Gasteiger partial charge in [-0.25, -0.2) is 4.79 Å². The summed E-state index contributed by atoms with van der Waals surface area (Å²) in [6.07, 6.45) is 0.864. The summed E-state index contributed by atoms with van der Waals surface area (Å²) in [6.45, 7) is 6.14. The van der Waals surface area contributed by atoms with Crippen molar-refractivity contribution in [2.45, 2.75) is 33.2 Å². The molecule has 1 rings (SSSR count). The van der Waals surface area contributed by atoms with Crippen LogP contribution in [-0.4, -0.2) is 24.5 Å². The lowest BCUT2D eigenvalue weighted by Crippen LogP contribution is -2.46. The Hall–Kier alpha value is -1.56. The Balaban J connectivity index is 2.52. The molecule has 0 aliphatic carbocycles. The smallest absolute Gasteiger partial charge is 0.319 e. The molecule has 1 aromatic rings. The number of benzene rings is 1. The minimum Gasteiger partial charge on any atom is -0.354 e. The first-order valence-electron chi connectivity index (χ1n) is 6.55. The van der Waals surface area contributed by atoms with E-state index in [2.05, 4.69) is 31.9 Å². The predicted molar refractivity (Wildman–Crippen MR) is 83.8 cm³/mol. The maximum Gasteiger partial charge on any atom is 0.319 e. The van der Waals surface area contributed by atoms with Crippen LogP contribution in [0, 0.1) is 6.92 Å². The summed E-state index contributed by atoms with van der Waals surface area (Å²) in [7, 11) is 0. The molecule has 3 amide bonds. The Morgan fingerprint density at radius 3 is 2.65 bits per heavy atom. The lowest BCUT2D eigenvalue weighted by molar-refractivity contribution is -0.122. The zero-order chi connectivity index (χ0) is 15.1. The number of carbonyl (C=O) groups excluding carboxylic acids is 2. The molecule has 5 nitrogen and oxygen atoms in total. The van der Waals surface area contributed by atoms with Gasteiger partial charge in [0.1, 0.15) is 6.04 Å². The SMILES string of the molecule is CCCNC(=O)[C@@H](C)NC(=O)Nc1ccc(Br)cc1C. The topological polar surface area (TPSA) is 70.2 Å². The first kappa shape index (κ1) is 16.5. The number of halogens is 1. The van der Waals surface area contributed by atoms with Gasteiger partial charge in [-0.15, -0.1) is 0 Å². The van der Waals surface area contributed by atoms with E-state index >= 15 is 0 Å². The molecule has 0 aliphatic rings. The van der Waals surface area contributed by atoms with E-state index in [0.717, 1.165) is 16.5 Å². The average molecular weight is 342 g/mol. The van der Waals surface area contributed by atoms with Crippen molar-refractivity contribution in [1.82, 2.24) is 10.6 Å². The number of hydrogen-bond donors (Lipinski definition) is 3. The van der Waals surface area contributed by atoms with Gasteiger partial charge >= 0.3 is 6.03 Å². The standard InChI is InChI=1S/C14H20BrN3O2/c1-4-7-16-13(19)10(3)17-14(20)18-12-6-5-11(15)8-9(12)2/h5-6,8,10H,4,7H2,1-3H3,(H,16,19)(H2,17,18,20)/t10-/m1/s1. The molecule has 1 aromatic carbocycles. The van der Waals surface area contributed by atoms with Gasteiger partial charge in [0.2, 0.25) is 5.91 Å². The lowest BCUT2D eigenvalue weighted by atomic mass is 10.2. The van der Waals surface area contributed by atoms with Crippen LogP contribution in [0.2, 0.25) is 0 Å². The van der Waals surface area contributed by atoms with Crippen molar-refractivity contribution in [3.8, 4) is 0 Å². The molecular formula is C14H20BrN3O2. The zero-order valence-corrected chi connectivity index (χ0v) is 13.5. The van der Waals surface area contributed by atoms with Crippen LogP contribution in [0.4, 0.5) is 10.5 Å². The Kier molecular flexibility index (Phi) is 6.51. The van der Waals surface area contributed by atoms with Crippen molar-refractivity contribution in [2.24, 2.45) is 0 Å². The molecule has 0 fully saturated rings. The summed E-state index contributed by atoms with van der Waals surface area (Å²) in [5.74, 6) is -0.186. The van der Waals surface area contributed by atoms with Crippen molar-refractivity contribution in [3.63, 3.8) is 0 Å². The number of nitrogens with one attached hydrogen (secondary N) is 3. The number of amides is 3. The van der Waals surface area contributed by atoms with Crippen molar-refractivity contribution in [3.05, 3.63) is 28.2 Å². The highest BCUT2D eigenvalue weighted by Crippen LogP contribution is 2.19. The minimum absolute atomic E-state index is 0.186. The second-order valence-electron chi connectivity index (χ2n) is 4.57. The molecule has 0 aliphatic heterocycles. The van der Waals surface area contributed by atoms with E-state index in [1.807, 2.05) is 26.0 Å². The number of urea groups is 1. The van der Waals surface area contributed by atoms with Crippen molar-refractivity contribution >= 4 is 33.6 Å². The van der Waals surface area contributed by atoms with Crippen LogP contribution in [0.5, 0.6) is 0 Å². The number of rotatable bonds is 5. The van der Waals surface area contributed by atoms with Crippen LogP contribution >= 0.6 is 15.9 Å². The molecule has 3 N–H and O–H groups in total. The first-order chi connectivity index (χ1) is 9.43. The van der Waals surface area contributed by atoms with E-state index in [4.69, 9.17) is 0 Å². The van der Waals surface area contributed by atoms with Crippen molar-refractivity contribution < 1.29 is 9.59 Å². The fraction of sp³-hybridized carbons (Fsp3) is 0.429.